The number of thiocarbonyl (C=S) groups is 1. The summed E-state index contributed by atoms with van der Waals surface area (Å²) in [5.41, 5.74) is 1.18. The Morgan fingerprint density at radius 1 is 1.00 bits per heavy atom. The predicted molar refractivity (Wildman–Crippen MR) is 92.3 cm³/mol. The van der Waals surface area contributed by atoms with Gasteiger partial charge in [-0.25, -0.2) is 0 Å². The van der Waals surface area contributed by atoms with E-state index in [4.69, 9.17) is 23.8 Å². The molecule has 0 unspecified atom stereocenters. The van der Waals surface area contributed by atoms with Crippen molar-refractivity contribution in [1.29, 1.82) is 0 Å². The van der Waals surface area contributed by atoms with Crippen LogP contribution in [0.2, 0.25) is 5.02 Å². The molecule has 2 N–H and O–H groups in total. The number of halogens is 1. The molecule has 20 heavy (non-hydrogen) atoms. The smallest absolute Gasteiger partial charge is 0.166 e. The summed E-state index contributed by atoms with van der Waals surface area (Å²) in [5, 5.41) is 7.95. The van der Waals surface area contributed by atoms with E-state index in [0.717, 1.165) is 23.2 Å². The van der Waals surface area contributed by atoms with Gasteiger partial charge in [0, 0.05) is 18.1 Å². The Kier molecular flexibility index (Phi) is 9.42. The average Bonchev–Trinajstić information content (AvgIpc) is 2.46. The molecule has 0 aliphatic rings. The number of rotatable bonds is 9. The molecule has 0 saturated heterocycles. The molecule has 1 aromatic rings. The zero-order valence-electron chi connectivity index (χ0n) is 12.3. The SMILES string of the molecule is CCCCCCCCNC(=S)NCc1ccc(Cl)cc1. The van der Waals surface area contributed by atoms with Crippen molar-refractivity contribution in [1.82, 2.24) is 10.6 Å². The second kappa shape index (κ2) is 10.9. The maximum atomic E-state index is 5.85. The molecule has 0 aliphatic heterocycles. The van der Waals surface area contributed by atoms with Crippen molar-refractivity contribution >= 4 is 28.9 Å². The van der Waals surface area contributed by atoms with Gasteiger partial charge in [-0.1, -0.05) is 62.8 Å². The molecule has 1 aromatic carbocycles. The average molecular weight is 313 g/mol. The molecular weight excluding hydrogens is 288 g/mol. The molecule has 2 nitrogen and oxygen atoms in total. The molecule has 0 heterocycles. The standard InChI is InChI=1S/C16H25ClN2S/c1-2-3-4-5-6-7-12-18-16(20)19-13-14-8-10-15(17)11-9-14/h8-11H,2-7,12-13H2,1H3,(H2,18,19,20). The lowest BCUT2D eigenvalue weighted by molar-refractivity contribution is 0.601. The summed E-state index contributed by atoms with van der Waals surface area (Å²) < 4.78 is 0. The quantitative estimate of drug-likeness (QED) is 0.512. The third-order valence-electron chi connectivity index (χ3n) is 3.18. The van der Waals surface area contributed by atoms with E-state index >= 15 is 0 Å². The normalized spacial score (nSPS) is 10.3. The summed E-state index contributed by atoms with van der Waals surface area (Å²) in [7, 11) is 0. The molecule has 0 fully saturated rings. The van der Waals surface area contributed by atoms with Gasteiger partial charge in [0.05, 0.1) is 0 Å². The molecule has 0 aromatic heterocycles. The van der Waals surface area contributed by atoms with Crippen LogP contribution in [-0.2, 0) is 6.54 Å². The Labute approximate surface area is 133 Å². The molecule has 112 valence electrons. The first kappa shape index (κ1) is 17.3. The maximum absolute atomic E-state index is 5.85. The van der Waals surface area contributed by atoms with Gasteiger partial charge in [0.1, 0.15) is 0 Å². The lowest BCUT2D eigenvalue weighted by Gasteiger charge is -2.10. The van der Waals surface area contributed by atoms with Crippen LogP contribution >= 0.6 is 23.8 Å². The van der Waals surface area contributed by atoms with Crippen LogP contribution in [-0.4, -0.2) is 11.7 Å². The highest BCUT2D eigenvalue weighted by molar-refractivity contribution is 7.80. The molecule has 0 atom stereocenters. The summed E-state index contributed by atoms with van der Waals surface area (Å²) in [4.78, 5) is 0. The van der Waals surface area contributed by atoms with Crippen molar-refractivity contribution in [2.75, 3.05) is 6.54 Å². The summed E-state index contributed by atoms with van der Waals surface area (Å²) in [6.45, 7) is 3.93. The number of nitrogens with one attached hydrogen (secondary N) is 2. The van der Waals surface area contributed by atoms with Crippen molar-refractivity contribution < 1.29 is 0 Å². The van der Waals surface area contributed by atoms with Crippen molar-refractivity contribution in [3.05, 3.63) is 34.9 Å². The van der Waals surface area contributed by atoms with Crippen LogP contribution in [0.15, 0.2) is 24.3 Å². The van der Waals surface area contributed by atoms with Crippen LogP contribution in [0.3, 0.4) is 0 Å². The number of benzene rings is 1. The Morgan fingerprint density at radius 3 is 2.35 bits per heavy atom. The largest absolute Gasteiger partial charge is 0.363 e. The highest BCUT2D eigenvalue weighted by Gasteiger charge is 1.97. The molecule has 4 heteroatoms. The van der Waals surface area contributed by atoms with E-state index in [1.165, 1.54) is 44.1 Å². The van der Waals surface area contributed by atoms with E-state index in [1.54, 1.807) is 0 Å². The van der Waals surface area contributed by atoms with Gasteiger partial charge < -0.3 is 10.6 Å². The van der Waals surface area contributed by atoms with Crippen LogP contribution in [0.25, 0.3) is 0 Å². The summed E-state index contributed by atoms with van der Waals surface area (Å²) in [6.07, 6.45) is 7.82. The lowest BCUT2D eigenvalue weighted by atomic mass is 10.1. The van der Waals surface area contributed by atoms with Gasteiger partial charge in [0.15, 0.2) is 5.11 Å². The van der Waals surface area contributed by atoms with E-state index < -0.39 is 0 Å². The van der Waals surface area contributed by atoms with Gasteiger partial charge in [-0.15, -0.1) is 0 Å². The van der Waals surface area contributed by atoms with Crippen molar-refractivity contribution in [2.45, 2.75) is 52.0 Å². The highest BCUT2D eigenvalue weighted by Crippen LogP contribution is 2.09. The highest BCUT2D eigenvalue weighted by atomic mass is 35.5. The Balaban J connectivity index is 2.01. The molecule has 0 aliphatic carbocycles. The zero-order chi connectivity index (χ0) is 14.6. The third kappa shape index (κ3) is 8.39. The minimum atomic E-state index is 0.730. The predicted octanol–water partition coefficient (Wildman–Crippen LogP) is 4.66. The first-order valence-electron chi connectivity index (χ1n) is 7.48. The lowest BCUT2D eigenvalue weighted by Crippen LogP contribution is -2.35. The first-order valence-corrected chi connectivity index (χ1v) is 8.27. The second-order valence-electron chi connectivity index (χ2n) is 5.00. The minimum Gasteiger partial charge on any atom is -0.363 e. The molecule has 0 saturated carbocycles. The topological polar surface area (TPSA) is 24.1 Å². The zero-order valence-corrected chi connectivity index (χ0v) is 13.8. The van der Waals surface area contributed by atoms with Crippen molar-refractivity contribution in [2.24, 2.45) is 0 Å². The van der Waals surface area contributed by atoms with Crippen LogP contribution in [0, 0.1) is 0 Å². The van der Waals surface area contributed by atoms with E-state index in [0.29, 0.717) is 0 Å². The summed E-state index contributed by atoms with van der Waals surface area (Å²) in [6, 6.07) is 7.80. The van der Waals surface area contributed by atoms with Gasteiger partial charge in [-0.2, -0.15) is 0 Å². The minimum absolute atomic E-state index is 0.730. The fraction of sp³-hybridized carbons (Fsp3) is 0.562. The third-order valence-corrected chi connectivity index (χ3v) is 3.72. The van der Waals surface area contributed by atoms with Gasteiger partial charge in [-0.05, 0) is 36.3 Å². The first-order chi connectivity index (χ1) is 9.72. The monoisotopic (exact) mass is 312 g/mol. The maximum Gasteiger partial charge on any atom is 0.166 e. The number of hydrogen-bond donors (Lipinski definition) is 2. The Hall–Kier alpha value is -0.800. The molecule has 0 bridgehead atoms. The van der Waals surface area contributed by atoms with Crippen LogP contribution in [0.4, 0.5) is 0 Å². The molecule has 0 radical (unpaired) electrons. The van der Waals surface area contributed by atoms with E-state index in [1.807, 2.05) is 24.3 Å². The fourth-order valence-corrected chi connectivity index (χ4v) is 2.25. The Morgan fingerprint density at radius 2 is 1.65 bits per heavy atom. The van der Waals surface area contributed by atoms with E-state index in [9.17, 15) is 0 Å². The van der Waals surface area contributed by atoms with Gasteiger partial charge in [0.2, 0.25) is 0 Å². The fourth-order valence-electron chi connectivity index (χ4n) is 1.95. The molecule has 1 rings (SSSR count). The van der Waals surface area contributed by atoms with Crippen LogP contribution in [0.5, 0.6) is 0 Å². The molecule has 0 amide bonds. The van der Waals surface area contributed by atoms with Crippen LogP contribution < -0.4 is 10.6 Å². The van der Waals surface area contributed by atoms with Crippen molar-refractivity contribution in [3.63, 3.8) is 0 Å². The molecule has 0 spiro atoms. The van der Waals surface area contributed by atoms with E-state index in [-0.39, 0.29) is 0 Å². The van der Waals surface area contributed by atoms with E-state index in [2.05, 4.69) is 17.6 Å². The van der Waals surface area contributed by atoms with Gasteiger partial charge in [0.25, 0.3) is 0 Å². The second-order valence-corrected chi connectivity index (χ2v) is 5.85. The number of hydrogen-bond acceptors (Lipinski definition) is 1. The summed E-state index contributed by atoms with van der Waals surface area (Å²) >= 11 is 11.1. The number of unbranched alkanes of at least 4 members (excludes halogenated alkanes) is 5. The van der Waals surface area contributed by atoms with Gasteiger partial charge >= 0.3 is 0 Å². The van der Waals surface area contributed by atoms with Gasteiger partial charge in [-0.3, -0.25) is 0 Å². The Bertz CT molecular complexity index is 379. The summed E-state index contributed by atoms with van der Waals surface area (Å²) in [5.74, 6) is 0. The molecular formula is C16H25ClN2S. The van der Waals surface area contributed by atoms with Crippen LogP contribution in [0.1, 0.15) is 51.0 Å². The van der Waals surface area contributed by atoms with Crippen molar-refractivity contribution in [3.8, 4) is 0 Å².